The highest BCUT2D eigenvalue weighted by atomic mass is 127. The quantitative estimate of drug-likeness (QED) is 0.489. The zero-order valence-corrected chi connectivity index (χ0v) is 9.58. The fourth-order valence-corrected chi connectivity index (χ4v) is 2.50. The Morgan fingerprint density at radius 3 is 3.00 bits per heavy atom. The predicted molar refractivity (Wildman–Crippen MR) is 61.2 cm³/mol. The highest BCUT2D eigenvalue weighted by molar-refractivity contribution is 14.1. The maximum Gasteiger partial charge on any atom is 0.270 e. The van der Waals surface area contributed by atoms with Gasteiger partial charge in [0.2, 0.25) is 0 Å². The molecule has 0 atom stereocenters. The average molecular weight is 304 g/mol. The molecule has 1 N–H and O–H groups in total. The van der Waals surface area contributed by atoms with Crippen molar-refractivity contribution in [2.45, 2.75) is 13.0 Å². The van der Waals surface area contributed by atoms with Gasteiger partial charge in [-0.3, -0.25) is 10.1 Å². The van der Waals surface area contributed by atoms with Crippen LogP contribution >= 0.6 is 22.6 Å². The number of hydrogen-bond acceptors (Lipinski definition) is 3. The molecule has 5 heteroatoms. The minimum atomic E-state index is -0.329. The second-order valence-corrected chi connectivity index (χ2v) is 4.41. The Bertz CT molecular complexity index is 393. The Labute approximate surface area is 95.0 Å². The fraction of sp³-hybridized carbons (Fsp3) is 0.333. The molecule has 0 saturated carbocycles. The first-order valence-corrected chi connectivity index (χ1v) is 5.43. The van der Waals surface area contributed by atoms with Crippen LogP contribution in [-0.4, -0.2) is 11.5 Å². The summed E-state index contributed by atoms with van der Waals surface area (Å²) in [5, 5.41) is 13.9. The average Bonchev–Trinajstić information content (AvgIpc) is 2.17. The molecular weight excluding hydrogens is 295 g/mol. The summed E-state index contributed by atoms with van der Waals surface area (Å²) in [4.78, 5) is 10.3. The van der Waals surface area contributed by atoms with E-state index in [9.17, 15) is 10.1 Å². The molecule has 1 aromatic carbocycles. The lowest BCUT2D eigenvalue weighted by atomic mass is 10.0. The third kappa shape index (κ3) is 1.74. The summed E-state index contributed by atoms with van der Waals surface area (Å²) in [6.45, 7) is 1.73. The largest absolute Gasteiger partial charge is 0.312 e. The summed E-state index contributed by atoms with van der Waals surface area (Å²) in [7, 11) is 0. The molecule has 2 rings (SSSR count). The van der Waals surface area contributed by atoms with Gasteiger partial charge in [0.05, 0.1) is 4.92 Å². The zero-order valence-electron chi connectivity index (χ0n) is 7.42. The molecule has 0 unspecified atom stereocenters. The number of halogens is 1. The van der Waals surface area contributed by atoms with Gasteiger partial charge in [0, 0.05) is 22.2 Å². The van der Waals surface area contributed by atoms with Crippen LogP contribution < -0.4 is 5.32 Å². The molecule has 1 heterocycles. The summed E-state index contributed by atoms with van der Waals surface area (Å²) in [5.74, 6) is 0. The van der Waals surface area contributed by atoms with E-state index in [0.29, 0.717) is 0 Å². The summed E-state index contributed by atoms with van der Waals surface area (Å²) in [6, 6.07) is 3.32. The summed E-state index contributed by atoms with van der Waals surface area (Å²) >= 11 is 2.16. The molecule has 0 spiro atoms. The number of fused-ring (bicyclic) bond motifs is 1. The molecule has 0 saturated heterocycles. The molecule has 0 amide bonds. The second kappa shape index (κ2) is 3.82. The van der Waals surface area contributed by atoms with E-state index in [-0.39, 0.29) is 10.6 Å². The van der Waals surface area contributed by atoms with Gasteiger partial charge in [-0.15, -0.1) is 0 Å². The lowest BCUT2D eigenvalue weighted by Gasteiger charge is -2.17. The van der Waals surface area contributed by atoms with Gasteiger partial charge in [0.25, 0.3) is 5.69 Å². The van der Waals surface area contributed by atoms with Gasteiger partial charge in [0.1, 0.15) is 0 Å². The summed E-state index contributed by atoms with van der Waals surface area (Å²) in [6.07, 6.45) is 0.882. The molecule has 1 aromatic rings. The topological polar surface area (TPSA) is 55.2 Å². The number of non-ortho nitro benzene ring substituents is 1. The minimum Gasteiger partial charge on any atom is -0.312 e. The molecule has 4 nitrogen and oxygen atoms in total. The van der Waals surface area contributed by atoms with Gasteiger partial charge in [-0.2, -0.15) is 0 Å². The Kier molecular flexibility index (Phi) is 2.69. The highest BCUT2D eigenvalue weighted by Gasteiger charge is 2.17. The van der Waals surface area contributed by atoms with Crippen molar-refractivity contribution in [1.29, 1.82) is 0 Å². The van der Waals surface area contributed by atoms with E-state index in [1.165, 1.54) is 5.56 Å². The molecule has 0 bridgehead atoms. The van der Waals surface area contributed by atoms with Crippen molar-refractivity contribution in [3.63, 3.8) is 0 Å². The van der Waals surface area contributed by atoms with E-state index in [1.807, 2.05) is 0 Å². The fourth-order valence-electron chi connectivity index (χ4n) is 1.64. The molecule has 0 aromatic heterocycles. The van der Waals surface area contributed by atoms with Crippen molar-refractivity contribution >= 4 is 28.3 Å². The molecule has 74 valence electrons. The lowest BCUT2D eigenvalue weighted by Crippen LogP contribution is -2.24. The summed E-state index contributed by atoms with van der Waals surface area (Å²) < 4.78 is 0.985. The van der Waals surface area contributed by atoms with Crippen molar-refractivity contribution < 1.29 is 4.92 Å². The van der Waals surface area contributed by atoms with Crippen LogP contribution in [0.3, 0.4) is 0 Å². The molecular formula is C9H9IN2O2. The van der Waals surface area contributed by atoms with E-state index in [1.54, 1.807) is 12.1 Å². The van der Waals surface area contributed by atoms with Crippen LogP contribution in [0.5, 0.6) is 0 Å². The first kappa shape index (κ1) is 9.85. The Morgan fingerprint density at radius 1 is 1.50 bits per heavy atom. The third-order valence-electron chi connectivity index (χ3n) is 2.36. The minimum absolute atomic E-state index is 0.204. The first-order chi connectivity index (χ1) is 6.68. The SMILES string of the molecule is O=[N+]([O-])c1cc(I)c2c(c1)CCNC2. The van der Waals surface area contributed by atoms with Gasteiger partial charge in [-0.25, -0.2) is 0 Å². The Hall–Kier alpha value is -0.690. The molecule has 1 aliphatic rings. The Morgan fingerprint density at radius 2 is 2.29 bits per heavy atom. The number of rotatable bonds is 1. The maximum atomic E-state index is 10.6. The van der Waals surface area contributed by atoms with Crippen LogP contribution in [-0.2, 0) is 13.0 Å². The second-order valence-electron chi connectivity index (χ2n) is 3.25. The van der Waals surface area contributed by atoms with Crippen molar-refractivity contribution in [3.05, 3.63) is 36.9 Å². The predicted octanol–water partition coefficient (Wildman–Crippen LogP) is 1.85. The number of nitro groups is 1. The van der Waals surface area contributed by atoms with Crippen LogP contribution in [0.4, 0.5) is 5.69 Å². The van der Waals surface area contributed by atoms with Crippen molar-refractivity contribution in [2.24, 2.45) is 0 Å². The highest BCUT2D eigenvalue weighted by Crippen LogP contribution is 2.26. The normalized spacial score (nSPS) is 14.9. The van der Waals surface area contributed by atoms with Gasteiger partial charge in [-0.05, 0) is 46.7 Å². The summed E-state index contributed by atoms with van der Waals surface area (Å²) in [5.41, 5.74) is 2.53. The molecule has 1 aliphatic heterocycles. The van der Waals surface area contributed by atoms with E-state index < -0.39 is 0 Å². The smallest absolute Gasteiger partial charge is 0.270 e. The third-order valence-corrected chi connectivity index (χ3v) is 3.32. The maximum absolute atomic E-state index is 10.6. The van der Waals surface area contributed by atoms with Crippen LogP contribution in [0.25, 0.3) is 0 Å². The molecule has 14 heavy (non-hydrogen) atoms. The van der Waals surface area contributed by atoms with E-state index >= 15 is 0 Å². The number of benzene rings is 1. The van der Waals surface area contributed by atoms with Gasteiger partial charge in [-0.1, -0.05) is 0 Å². The number of nitro benzene ring substituents is 1. The van der Waals surface area contributed by atoms with Crippen molar-refractivity contribution in [1.82, 2.24) is 5.32 Å². The monoisotopic (exact) mass is 304 g/mol. The number of nitrogens with one attached hydrogen (secondary N) is 1. The van der Waals surface area contributed by atoms with Crippen molar-refractivity contribution in [2.75, 3.05) is 6.54 Å². The van der Waals surface area contributed by atoms with Crippen LogP contribution in [0, 0.1) is 13.7 Å². The van der Waals surface area contributed by atoms with Gasteiger partial charge < -0.3 is 5.32 Å². The Balaban J connectivity index is 2.51. The zero-order chi connectivity index (χ0) is 10.1. The molecule has 0 fully saturated rings. The van der Waals surface area contributed by atoms with E-state index in [0.717, 1.165) is 28.6 Å². The van der Waals surface area contributed by atoms with Crippen LogP contribution in [0.15, 0.2) is 12.1 Å². The standard InChI is InChI=1S/C9H9IN2O2/c10-9-4-7(12(13)14)3-6-1-2-11-5-8(6)9/h3-4,11H,1-2,5H2. The molecule has 0 aliphatic carbocycles. The van der Waals surface area contributed by atoms with Gasteiger partial charge >= 0.3 is 0 Å². The first-order valence-electron chi connectivity index (χ1n) is 4.35. The number of nitrogens with zero attached hydrogens (tertiary/aromatic N) is 1. The van der Waals surface area contributed by atoms with Gasteiger partial charge in [0.15, 0.2) is 0 Å². The van der Waals surface area contributed by atoms with E-state index in [4.69, 9.17) is 0 Å². The van der Waals surface area contributed by atoms with Crippen LogP contribution in [0.1, 0.15) is 11.1 Å². The number of hydrogen-bond donors (Lipinski definition) is 1. The van der Waals surface area contributed by atoms with E-state index in [2.05, 4.69) is 27.9 Å². The molecule has 0 radical (unpaired) electrons. The van der Waals surface area contributed by atoms with Crippen molar-refractivity contribution in [3.8, 4) is 0 Å². The van der Waals surface area contributed by atoms with Crippen LogP contribution in [0.2, 0.25) is 0 Å². The lowest BCUT2D eigenvalue weighted by molar-refractivity contribution is -0.385.